The molecule has 0 saturated carbocycles. The number of likely N-dealkylation sites (tertiary alicyclic amines) is 1. The van der Waals surface area contributed by atoms with Crippen molar-refractivity contribution in [3.05, 3.63) is 102 Å². The number of piperidine rings is 1. The molecule has 0 amide bonds. The maximum atomic E-state index is 13.6. The van der Waals surface area contributed by atoms with Gasteiger partial charge in [-0.05, 0) is 83.3 Å². The molecule has 3 aromatic rings. The molecule has 45 heavy (non-hydrogen) atoms. The van der Waals surface area contributed by atoms with E-state index in [4.69, 9.17) is 0 Å². The fourth-order valence-electron chi connectivity index (χ4n) is 4.57. The van der Waals surface area contributed by atoms with E-state index in [9.17, 15) is 9.18 Å². The van der Waals surface area contributed by atoms with E-state index in [2.05, 4.69) is 54.1 Å². The summed E-state index contributed by atoms with van der Waals surface area (Å²) in [6.07, 6.45) is 10.7. The number of aldehydes is 1. The first-order chi connectivity index (χ1) is 21.6. The highest BCUT2D eigenvalue weighted by atomic mass is 19.1. The Morgan fingerprint density at radius 3 is 2.16 bits per heavy atom. The Morgan fingerprint density at radius 2 is 1.69 bits per heavy atom. The van der Waals surface area contributed by atoms with Crippen LogP contribution in [0.15, 0.2) is 79.7 Å². The summed E-state index contributed by atoms with van der Waals surface area (Å²) in [6, 6.07) is 15.0. The van der Waals surface area contributed by atoms with Crippen LogP contribution in [-0.2, 0) is 17.6 Å². The molecule has 0 radical (unpaired) electrons. The zero-order valence-corrected chi connectivity index (χ0v) is 29.7. The highest BCUT2D eigenvalue weighted by Gasteiger charge is 2.22. The van der Waals surface area contributed by atoms with Crippen LogP contribution in [0.2, 0.25) is 0 Å². The summed E-state index contributed by atoms with van der Waals surface area (Å²) < 4.78 is 13.6. The van der Waals surface area contributed by atoms with Crippen molar-refractivity contribution in [3.8, 4) is 11.3 Å². The number of rotatable bonds is 9. The molecule has 250 valence electrons. The minimum Gasteiger partial charge on any atom is -0.379 e. The van der Waals surface area contributed by atoms with Crippen LogP contribution in [0.1, 0.15) is 98.0 Å². The summed E-state index contributed by atoms with van der Waals surface area (Å²) in [5, 5.41) is 3.08. The van der Waals surface area contributed by atoms with Gasteiger partial charge in [0.1, 0.15) is 17.9 Å². The standard InChI is InChI=1S/C14H17NO.C12H13FN2.C9H19N.2C2H6/c1-3-7-14(11-16)15-12(2)10-13-8-5-4-6-9-13;1-3-12-14-7-11(15-12)9-5-4-8(2)6-10(9)13;1-9(2,3)10-7-5-4-6-8-10;2*1-2/h3-6,8-9,11,14-15H,1-2,7,10H2;4-7H,3H2,1-2H3,(H,14,15);4-8H2,1-3H3;2*1-2H3. The van der Waals surface area contributed by atoms with Crippen molar-refractivity contribution in [2.45, 2.75) is 112 Å². The van der Waals surface area contributed by atoms with Crippen molar-refractivity contribution in [1.82, 2.24) is 20.2 Å². The predicted molar refractivity (Wildman–Crippen MR) is 193 cm³/mol. The molecule has 5 nitrogen and oxygen atoms in total. The van der Waals surface area contributed by atoms with Crippen LogP contribution in [-0.4, -0.2) is 45.8 Å². The number of aromatic nitrogens is 2. The van der Waals surface area contributed by atoms with Crippen molar-refractivity contribution in [2.24, 2.45) is 0 Å². The highest BCUT2D eigenvalue weighted by Crippen LogP contribution is 2.22. The number of benzene rings is 2. The lowest BCUT2D eigenvalue weighted by Crippen LogP contribution is -2.44. The molecular formula is C39H61FN4O. The number of halogens is 1. The van der Waals surface area contributed by atoms with Crippen LogP contribution < -0.4 is 5.32 Å². The molecule has 6 heteroatoms. The highest BCUT2D eigenvalue weighted by molar-refractivity contribution is 5.60. The van der Waals surface area contributed by atoms with E-state index in [1.807, 2.05) is 77.9 Å². The lowest BCUT2D eigenvalue weighted by Gasteiger charge is -2.38. The maximum Gasteiger partial charge on any atom is 0.142 e. The van der Waals surface area contributed by atoms with E-state index in [-0.39, 0.29) is 11.9 Å². The van der Waals surface area contributed by atoms with Crippen molar-refractivity contribution in [3.63, 3.8) is 0 Å². The normalized spacial score (nSPS) is 13.0. The fraction of sp³-hybridized carbons (Fsp3) is 0.487. The van der Waals surface area contributed by atoms with Crippen molar-refractivity contribution in [2.75, 3.05) is 13.1 Å². The van der Waals surface area contributed by atoms with Crippen LogP contribution in [0.3, 0.4) is 0 Å². The van der Waals surface area contributed by atoms with E-state index in [1.54, 1.807) is 18.3 Å². The van der Waals surface area contributed by atoms with Gasteiger partial charge in [0, 0.05) is 29.6 Å². The molecule has 4 rings (SSSR count). The largest absolute Gasteiger partial charge is 0.379 e. The van der Waals surface area contributed by atoms with Gasteiger partial charge in [0.2, 0.25) is 0 Å². The molecule has 1 aliphatic rings. The Labute approximate surface area is 274 Å². The molecule has 1 saturated heterocycles. The number of hydrogen-bond acceptors (Lipinski definition) is 4. The van der Waals surface area contributed by atoms with Gasteiger partial charge >= 0.3 is 0 Å². The number of H-pyrrole nitrogens is 1. The van der Waals surface area contributed by atoms with Gasteiger partial charge in [0.05, 0.1) is 17.9 Å². The fourth-order valence-corrected chi connectivity index (χ4v) is 4.57. The van der Waals surface area contributed by atoms with E-state index in [0.29, 0.717) is 17.5 Å². The average molecular weight is 621 g/mol. The van der Waals surface area contributed by atoms with Crippen molar-refractivity contribution in [1.29, 1.82) is 0 Å². The molecule has 1 unspecified atom stereocenters. The monoisotopic (exact) mass is 620 g/mol. The SMILES string of the molecule is C=CCC(C=O)NC(=C)Cc1ccccc1.CC.CC.CC(C)(C)N1CCCCC1.CCc1ncc(-c2ccc(C)cc2F)[nH]1. The predicted octanol–water partition coefficient (Wildman–Crippen LogP) is 9.89. The lowest BCUT2D eigenvalue weighted by molar-refractivity contribution is -0.109. The van der Waals surface area contributed by atoms with Gasteiger partial charge in [-0.3, -0.25) is 4.90 Å². The van der Waals surface area contributed by atoms with Gasteiger partial charge in [-0.25, -0.2) is 9.37 Å². The summed E-state index contributed by atoms with van der Waals surface area (Å²) in [4.78, 5) is 20.6. The summed E-state index contributed by atoms with van der Waals surface area (Å²) in [5.41, 5.74) is 4.68. The quantitative estimate of drug-likeness (QED) is 0.185. The molecule has 0 bridgehead atoms. The number of nitrogens with zero attached hydrogens (tertiary/aromatic N) is 2. The zero-order valence-electron chi connectivity index (χ0n) is 29.7. The Balaban J connectivity index is 0.000000624. The average Bonchev–Trinajstić information content (AvgIpc) is 3.53. The van der Waals surface area contributed by atoms with Crippen LogP contribution in [0.4, 0.5) is 4.39 Å². The van der Waals surface area contributed by atoms with Crippen LogP contribution in [0.5, 0.6) is 0 Å². The third-order valence-electron chi connectivity index (χ3n) is 6.92. The number of aromatic amines is 1. The van der Waals surface area contributed by atoms with E-state index in [1.165, 1.54) is 44.0 Å². The van der Waals surface area contributed by atoms with Crippen LogP contribution in [0, 0.1) is 12.7 Å². The molecule has 2 aromatic carbocycles. The number of nitrogens with one attached hydrogen (secondary N) is 2. The first-order valence-electron chi connectivity index (χ1n) is 16.7. The number of aryl methyl sites for hydroxylation is 2. The molecule has 0 spiro atoms. The molecule has 0 aliphatic carbocycles. The second-order valence-corrected chi connectivity index (χ2v) is 11.5. The van der Waals surface area contributed by atoms with Crippen molar-refractivity contribution < 1.29 is 9.18 Å². The van der Waals surface area contributed by atoms with E-state index in [0.717, 1.165) is 41.9 Å². The Morgan fingerprint density at radius 1 is 1.07 bits per heavy atom. The Kier molecular flexibility index (Phi) is 22.0. The molecule has 1 aromatic heterocycles. The number of carbonyl (C=O) groups is 1. The second-order valence-electron chi connectivity index (χ2n) is 11.5. The van der Waals surface area contributed by atoms with Gasteiger partial charge in [0.15, 0.2) is 0 Å². The molecule has 1 aliphatic heterocycles. The van der Waals surface area contributed by atoms with Gasteiger partial charge in [-0.2, -0.15) is 0 Å². The smallest absolute Gasteiger partial charge is 0.142 e. The van der Waals surface area contributed by atoms with E-state index >= 15 is 0 Å². The Hall–Kier alpha value is -3.51. The Bertz CT molecular complexity index is 1210. The molecule has 2 N–H and O–H groups in total. The van der Waals surface area contributed by atoms with Gasteiger partial charge in [-0.1, -0.05) is 90.1 Å². The summed E-state index contributed by atoms with van der Waals surface area (Å²) in [7, 11) is 0. The van der Waals surface area contributed by atoms with Gasteiger partial charge < -0.3 is 15.1 Å². The summed E-state index contributed by atoms with van der Waals surface area (Å²) in [5.74, 6) is 0.672. The van der Waals surface area contributed by atoms with E-state index < -0.39 is 0 Å². The third kappa shape index (κ3) is 16.9. The topological polar surface area (TPSA) is 61.0 Å². The minimum absolute atomic E-state index is 0.207. The van der Waals surface area contributed by atoms with Gasteiger partial charge in [0.25, 0.3) is 0 Å². The number of carbonyl (C=O) groups excluding carboxylic acids is 1. The maximum absolute atomic E-state index is 13.6. The first-order valence-corrected chi connectivity index (χ1v) is 16.7. The number of imidazole rings is 1. The molecule has 1 atom stereocenters. The van der Waals surface area contributed by atoms with Crippen LogP contribution in [0.25, 0.3) is 11.3 Å². The number of allylic oxidation sites excluding steroid dienone is 1. The lowest BCUT2D eigenvalue weighted by atomic mass is 10.0. The van der Waals surface area contributed by atoms with Crippen LogP contribution >= 0.6 is 0 Å². The third-order valence-corrected chi connectivity index (χ3v) is 6.92. The number of hydrogen-bond donors (Lipinski definition) is 2. The first kappa shape index (κ1) is 41.5. The summed E-state index contributed by atoms with van der Waals surface area (Å²) in [6.45, 7) is 28.9. The van der Waals surface area contributed by atoms with Gasteiger partial charge in [-0.15, -0.1) is 6.58 Å². The van der Waals surface area contributed by atoms with Crippen molar-refractivity contribution >= 4 is 6.29 Å². The molecule has 1 fully saturated rings. The summed E-state index contributed by atoms with van der Waals surface area (Å²) >= 11 is 0. The second kappa shape index (κ2) is 23.8. The molecular weight excluding hydrogens is 559 g/mol. The zero-order chi connectivity index (χ0) is 34.3. The minimum atomic E-state index is -0.214. The molecule has 2 heterocycles.